The second-order valence-corrected chi connectivity index (χ2v) is 7.65. The van der Waals surface area contributed by atoms with Gasteiger partial charge in [0, 0.05) is 23.3 Å². The van der Waals surface area contributed by atoms with Gasteiger partial charge in [-0.05, 0) is 30.3 Å². The highest BCUT2D eigenvalue weighted by Gasteiger charge is 2.20. The van der Waals surface area contributed by atoms with E-state index in [9.17, 15) is 9.59 Å². The predicted molar refractivity (Wildman–Crippen MR) is 126 cm³/mol. The number of carbonyl (C=O) groups is 1. The molecule has 6 rings (SSSR count). The van der Waals surface area contributed by atoms with Gasteiger partial charge in [-0.2, -0.15) is 9.78 Å². The quantitative estimate of drug-likeness (QED) is 0.402. The molecule has 0 atom stereocenters. The molecule has 0 fully saturated rings. The topological polar surface area (TPSA) is 124 Å². The van der Waals surface area contributed by atoms with Crippen molar-refractivity contribution < 1.29 is 18.7 Å². The van der Waals surface area contributed by atoms with Gasteiger partial charge >= 0.3 is 0 Å². The molecule has 10 nitrogen and oxygen atoms in total. The van der Waals surface area contributed by atoms with Crippen molar-refractivity contribution in [3.05, 3.63) is 95.0 Å². The molecule has 0 unspecified atom stereocenters. The summed E-state index contributed by atoms with van der Waals surface area (Å²) < 4.78 is 17.5. The first kappa shape index (κ1) is 20.5. The maximum atomic E-state index is 13.1. The van der Waals surface area contributed by atoms with Crippen molar-refractivity contribution in [2.45, 2.75) is 0 Å². The van der Waals surface area contributed by atoms with Gasteiger partial charge in [0.2, 0.25) is 12.7 Å². The van der Waals surface area contributed by atoms with Crippen LogP contribution in [0.4, 0.5) is 5.82 Å². The van der Waals surface area contributed by atoms with Gasteiger partial charge in [0.15, 0.2) is 17.3 Å². The number of carbonyl (C=O) groups excluding carboxylic acids is 1. The maximum absolute atomic E-state index is 13.1. The standard InChI is InChI=1S/C25H17N5O5/c31-23-13-17(15-5-2-1-3-6-15)26-25(28-23)30-22(12-18(29-30)19-7-4-10-33-19)27-24(32)16-8-9-20-21(11-16)35-14-34-20/h1-13H,14H2,(H,27,32)(H,26,28,31). The van der Waals surface area contributed by atoms with Gasteiger partial charge in [-0.15, -0.1) is 0 Å². The summed E-state index contributed by atoms with van der Waals surface area (Å²) >= 11 is 0. The Balaban J connectivity index is 1.42. The molecule has 1 amide bonds. The number of aromatic nitrogens is 4. The Morgan fingerprint density at radius 1 is 0.943 bits per heavy atom. The first-order valence-electron chi connectivity index (χ1n) is 10.7. The molecule has 1 aliphatic heterocycles. The third-order valence-electron chi connectivity index (χ3n) is 5.36. The van der Waals surface area contributed by atoms with Crippen molar-refractivity contribution in [3.8, 4) is 40.2 Å². The average Bonchev–Trinajstić information content (AvgIpc) is 3.64. The fourth-order valence-electron chi connectivity index (χ4n) is 3.70. The van der Waals surface area contributed by atoms with E-state index in [1.165, 1.54) is 17.0 Å². The number of hydrogen-bond acceptors (Lipinski definition) is 7. The molecule has 0 bridgehead atoms. The van der Waals surface area contributed by atoms with Gasteiger partial charge in [-0.25, -0.2) is 4.98 Å². The van der Waals surface area contributed by atoms with E-state index in [1.807, 2.05) is 30.3 Å². The zero-order chi connectivity index (χ0) is 23.8. The fraction of sp³-hybridized carbons (Fsp3) is 0.0400. The molecular weight excluding hydrogens is 450 g/mol. The Morgan fingerprint density at radius 2 is 1.80 bits per heavy atom. The Morgan fingerprint density at radius 3 is 2.63 bits per heavy atom. The summed E-state index contributed by atoms with van der Waals surface area (Å²) in [6, 6.07) is 20.7. The molecule has 5 aromatic rings. The third kappa shape index (κ3) is 3.93. The number of hydrogen-bond donors (Lipinski definition) is 2. The van der Waals surface area contributed by atoms with Gasteiger partial charge in [0.1, 0.15) is 11.5 Å². The largest absolute Gasteiger partial charge is 0.463 e. The van der Waals surface area contributed by atoms with Crippen LogP contribution in [0.1, 0.15) is 10.4 Å². The van der Waals surface area contributed by atoms with E-state index in [1.54, 1.807) is 36.4 Å². The third-order valence-corrected chi connectivity index (χ3v) is 5.36. The lowest BCUT2D eigenvalue weighted by molar-refractivity contribution is 0.102. The summed E-state index contributed by atoms with van der Waals surface area (Å²) in [6.45, 7) is 0.108. The first-order chi connectivity index (χ1) is 17.1. The molecular formula is C25H17N5O5. The van der Waals surface area contributed by atoms with Gasteiger partial charge < -0.3 is 19.2 Å². The number of amides is 1. The highest BCUT2D eigenvalue weighted by atomic mass is 16.7. The van der Waals surface area contributed by atoms with Crippen LogP contribution < -0.4 is 20.3 Å². The van der Waals surface area contributed by atoms with Gasteiger partial charge in [0.05, 0.1) is 12.0 Å². The SMILES string of the molecule is O=C(Nc1cc(-c2ccco2)nn1-c1nc(-c2ccccc2)cc(=O)[nH]1)c1ccc2c(c1)OCO2. The summed E-state index contributed by atoms with van der Waals surface area (Å²) in [6.07, 6.45) is 1.52. The maximum Gasteiger partial charge on any atom is 0.256 e. The lowest BCUT2D eigenvalue weighted by atomic mass is 10.1. The normalized spacial score (nSPS) is 12.0. The van der Waals surface area contributed by atoms with Crippen molar-refractivity contribution in [2.24, 2.45) is 0 Å². The van der Waals surface area contributed by atoms with Crippen LogP contribution in [0, 0.1) is 0 Å². The van der Waals surface area contributed by atoms with E-state index in [2.05, 4.69) is 20.4 Å². The number of H-pyrrole nitrogens is 1. The number of nitrogens with one attached hydrogen (secondary N) is 2. The van der Waals surface area contributed by atoms with Crippen molar-refractivity contribution in [3.63, 3.8) is 0 Å². The zero-order valence-electron chi connectivity index (χ0n) is 18.1. The van der Waals surface area contributed by atoms with Crippen molar-refractivity contribution in [1.29, 1.82) is 0 Å². The minimum atomic E-state index is -0.406. The van der Waals surface area contributed by atoms with Crippen LogP contribution in [0.5, 0.6) is 11.5 Å². The van der Waals surface area contributed by atoms with Crippen LogP contribution in [-0.4, -0.2) is 32.4 Å². The number of nitrogens with zero attached hydrogens (tertiary/aromatic N) is 3. The summed E-state index contributed by atoms with van der Waals surface area (Å²) in [5.41, 5.74) is 1.68. The van der Waals surface area contributed by atoms with Gasteiger partial charge in [-0.3, -0.25) is 14.6 Å². The van der Waals surface area contributed by atoms with Crippen molar-refractivity contribution >= 4 is 11.7 Å². The summed E-state index contributed by atoms with van der Waals surface area (Å²) in [7, 11) is 0. The molecule has 0 radical (unpaired) electrons. The zero-order valence-corrected chi connectivity index (χ0v) is 18.1. The summed E-state index contributed by atoms with van der Waals surface area (Å²) in [5.74, 6) is 1.57. The summed E-state index contributed by atoms with van der Waals surface area (Å²) in [4.78, 5) is 32.9. The van der Waals surface area contributed by atoms with Crippen molar-refractivity contribution in [2.75, 3.05) is 12.1 Å². The molecule has 172 valence electrons. The van der Waals surface area contributed by atoms with E-state index in [4.69, 9.17) is 13.9 Å². The van der Waals surface area contributed by atoms with Crippen LogP contribution >= 0.6 is 0 Å². The second kappa shape index (κ2) is 8.34. The highest BCUT2D eigenvalue weighted by Crippen LogP contribution is 2.33. The predicted octanol–water partition coefficient (Wildman–Crippen LogP) is 3.86. The Hall–Kier alpha value is -5.12. The molecule has 35 heavy (non-hydrogen) atoms. The van der Waals surface area contributed by atoms with Crippen LogP contribution in [0.2, 0.25) is 0 Å². The minimum Gasteiger partial charge on any atom is -0.463 e. The molecule has 0 spiro atoms. The lowest BCUT2D eigenvalue weighted by Gasteiger charge is -2.09. The number of aromatic amines is 1. The van der Waals surface area contributed by atoms with E-state index in [0.717, 1.165) is 5.56 Å². The molecule has 0 aliphatic carbocycles. The van der Waals surface area contributed by atoms with Crippen LogP contribution in [0.3, 0.4) is 0 Å². The number of anilines is 1. The molecule has 4 heterocycles. The Kier molecular flexibility index (Phi) is 4.88. The average molecular weight is 467 g/mol. The van der Waals surface area contributed by atoms with E-state index in [-0.39, 0.29) is 24.1 Å². The minimum absolute atomic E-state index is 0.108. The van der Waals surface area contributed by atoms with Crippen LogP contribution in [0.15, 0.2) is 88.3 Å². The lowest BCUT2D eigenvalue weighted by Crippen LogP contribution is -2.18. The number of benzene rings is 2. The molecule has 10 heteroatoms. The fourth-order valence-corrected chi connectivity index (χ4v) is 3.70. The molecule has 0 saturated carbocycles. The molecule has 3 aromatic heterocycles. The Bertz CT molecular complexity index is 1590. The number of ether oxygens (including phenoxy) is 2. The first-order valence-corrected chi connectivity index (χ1v) is 10.7. The molecule has 2 N–H and O–H groups in total. The highest BCUT2D eigenvalue weighted by molar-refractivity contribution is 6.04. The monoisotopic (exact) mass is 467 g/mol. The smallest absolute Gasteiger partial charge is 0.256 e. The molecule has 2 aromatic carbocycles. The Labute approximate surface area is 197 Å². The van der Waals surface area contributed by atoms with E-state index < -0.39 is 5.91 Å². The van der Waals surface area contributed by atoms with Gasteiger partial charge in [0.25, 0.3) is 11.5 Å². The van der Waals surface area contributed by atoms with Gasteiger partial charge in [-0.1, -0.05) is 30.3 Å². The number of furan rings is 1. The summed E-state index contributed by atoms with van der Waals surface area (Å²) in [5, 5.41) is 7.37. The van der Waals surface area contributed by atoms with Crippen LogP contribution in [0.25, 0.3) is 28.7 Å². The number of rotatable bonds is 5. The number of fused-ring (bicyclic) bond motifs is 1. The van der Waals surface area contributed by atoms with Crippen LogP contribution in [-0.2, 0) is 0 Å². The van der Waals surface area contributed by atoms with Crippen molar-refractivity contribution in [1.82, 2.24) is 19.7 Å². The molecule has 1 aliphatic rings. The van der Waals surface area contributed by atoms with E-state index in [0.29, 0.717) is 34.2 Å². The van der Waals surface area contributed by atoms with E-state index >= 15 is 0 Å². The molecule has 0 saturated heterocycles. The second-order valence-electron chi connectivity index (χ2n) is 7.65.